The van der Waals surface area contributed by atoms with E-state index in [1.807, 2.05) is 18.2 Å². The molecule has 15 heavy (non-hydrogen) atoms. The van der Waals surface area contributed by atoms with Crippen molar-refractivity contribution in [3.63, 3.8) is 0 Å². The maximum atomic E-state index is 12.0. The minimum Gasteiger partial charge on any atom is -0.472 e. The van der Waals surface area contributed by atoms with Gasteiger partial charge >= 0.3 is 0 Å². The van der Waals surface area contributed by atoms with Crippen LogP contribution in [-0.4, -0.2) is 5.78 Å². The van der Waals surface area contributed by atoms with Gasteiger partial charge in [0.1, 0.15) is 6.26 Å². The highest BCUT2D eigenvalue weighted by atomic mass is 16.3. The topological polar surface area (TPSA) is 30.2 Å². The van der Waals surface area contributed by atoms with Crippen LogP contribution in [-0.2, 0) is 6.42 Å². The van der Waals surface area contributed by atoms with Gasteiger partial charge in [0, 0.05) is 0 Å². The molecule has 2 aromatic rings. The third kappa shape index (κ3) is 1.22. The van der Waals surface area contributed by atoms with Crippen LogP contribution < -0.4 is 0 Å². The van der Waals surface area contributed by atoms with Crippen LogP contribution in [0.4, 0.5) is 0 Å². The zero-order valence-electron chi connectivity index (χ0n) is 8.14. The van der Waals surface area contributed by atoms with E-state index >= 15 is 0 Å². The highest BCUT2D eigenvalue weighted by molar-refractivity contribution is 6.02. The highest BCUT2D eigenvalue weighted by Crippen LogP contribution is 2.37. The lowest BCUT2D eigenvalue weighted by Gasteiger charge is -2.28. The summed E-state index contributed by atoms with van der Waals surface area (Å²) in [5.41, 5.74) is 3.14. The predicted octanol–water partition coefficient (Wildman–Crippen LogP) is 2.80. The van der Waals surface area contributed by atoms with E-state index in [1.165, 1.54) is 23.7 Å². The summed E-state index contributed by atoms with van der Waals surface area (Å²) in [5.74, 6) is 0.209. The number of benzene rings is 1. The molecule has 0 amide bonds. The number of furan rings is 1. The number of fused-ring (bicyclic) bond motifs is 1. The van der Waals surface area contributed by atoms with Crippen molar-refractivity contribution in [3.8, 4) is 0 Å². The van der Waals surface area contributed by atoms with Gasteiger partial charge in [-0.3, -0.25) is 4.79 Å². The number of hydrogen-bond acceptors (Lipinski definition) is 2. The summed E-state index contributed by atoms with van der Waals surface area (Å²) in [6.45, 7) is 0. The summed E-state index contributed by atoms with van der Waals surface area (Å²) in [6, 6.07) is 9.82. The van der Waals surface area contributed by atoms with E-state index in [4.69, 9.17) is 4.42 Å². The minimum absolute atomic E-state index is 0.0406. The van der Waals surface area contributed by atoms with Gasteiger partial charge in [-0.2, -0.15) is 0 Å². The molecule has 1 aliphatic carbocycles. The summed E-state index contributed by atoms with van der Waals surface area (Å²) in [7, 11) is 0. The van der Waals surface area contributed by atoms with Crippen molar-refractivity contribution in [3.05, 3.63) is 59.5 Å². The molecule has 0 N–H and O–H groups in total. The van der Waals surface area contributed by atoms with Gasteiger partial charge in [-0.25, -0.2) is 0 Å². The molecule has 0 radical (unpaired) electrons. The van der Waals surface area contributed by atoms with E-state index < -0.39 is 0 Å². The number of ketones is 1. The molecule has 0 saturated carbocycles. The third-order valence-electron chi connectivity index (χ3n) is 2.98. The average Bonchev–Trinajstić information content (AvgIpc) is 2.72. The first-order valence-corrected chi connectivity index (χ1v) is 5.00. The van der Waals surface area contributed by atoms with E-state index in [2.05, 4.69) is 6.07 Å². The van der Waals surface area contributed by atoms with Crippen LogP contribution in [0.2, 0.25) is 0 Å². The van der Waals surface area contributed by atoms with Crippen LogP contribution in [0.5, 0.6) is 0 Å². The third-order valence-corrected chi connectivity index (χ3v) is 2.98. The Morgan fingerprint density at radius 1 is 1.27 bits per heavy atom. The van der Waals surface area contributed by atoms with Gasteiger partial charge < -0.3 is 4.42 Å². The first-order valence-electron chi connectivity index (χ1n) is 5.00. The van der Waals surface area contributed by atoms with Crippen LogP contribution in [0, 0.1) is 0 Å². The van der Waals surface area contributed by atoms with Crippen LogP contribution >= 0.6 is 0 Å². The molecule has 0 saturated heterocycles. The van der Waals surface area contributed by atoms with Gasteiger partial charge in [-0.05, 0) is 23.6 Å². The zero-order chi connectivity index (χ0) is 10.3. The van der Waals surface area contributed by atoms with Gasteiger partial charge in [0.15, 0.2) is 5.78 Å². The van der Waals surface area contributed by atoms with Crippen molar-refractivity contribution in [2.45, 2.75) is 12.3 Å². The van der Waals surface area contributed by atoms with E-state index in [-0.39, 0.29) is 11.7 Å². The second-order valence-corrected chi connectivity index (χ2v) is 3.83. The smallest absolute Gasteiger partial charge is 0.173 e. The van der Waals surface area contributed by atoms with Gasteiger partial charge in [0.2, 0.25) is 0 Å². The second kappa shape index (κ2) is 3.09. The molecule has 3 rings (SSSR count). The molecule has 0 aliphatic heterocycles. The van der Waals surface area contributed by atoms with Crippen LogP contribution in [0.3, 0.4) is 0 Å². The Bertz CT molecular complexity index is 497. The second-order valence-electron chi connectivity index (χ2n) is 3.83. The minimum atomic E-state index is 0.0406. The van der Waals surface area contributed by atoms with Gasteiger partial charge in [-0.15, -0.1) is 0 Å². The lowest BCUT2D eigenvalue weighted by molar-refractivity contribution is 0.0948. The molecule has 1 aliphatic rings. The quantitative estimate of drug-likeness (QED) is 0.694. The fourth-order valence-electron chi connectivity index (χ4n) is 2.10. The maximum Gasteiger partial charge on any atom is 0.173 e. The molecule has 2 nitrogen and oxygen atoms in total. The number of carbonyl (C=O) groups is 1. The van der Waals surface area contributed by atoms with Gasteiger partial charge in [0.25, 0.3) is 0 Å². The molecule has 1 atom stereocenters. The fourth-order valence-corrected chi connectivity index (χ4v) is 2.10. The Kier molecular flexibility index (Phi) is 1.75. The first-order chi connectivity index (χ1) is 7.36. The molecule has 1 unspecified atom stereocenters. The Morgan fingerprint density at radius 2 is 2.13 bits per heavy atom. The summed E-state index contributed by atoms with van der Waals surface area (Å²) >= 11 is 0. The largest absolute Gasteiger partial charge is 0.472 e. The molecule has 1 aromatic heterocycles. The maximum absolute atomic E-state index is 12.0. The Hall–Kier alpha value is -1.83. The molecule has 0 bridgehead atoms. The number of carbonyl (C=O) groups excluding carboxylic acids is 1. The van der Waals surface area contributed by atoms with Gasteiger partial charge in [-0.1, -0.05) is 24.3 Å². The van der Waals surface area contributed by atoms with Crippen LogP contribution in [0.15, 0.2) is 47.3 Å². The number of rotatable bonds is 2. The summed E-state index contributed by atoms with van der Waals surface area (Å²) in [5, 5.41) is 0. The number of hydrogen-bond donors (Lipinski definition) is 0. The van der Waals surface area contributed by atoms with E-state index in [9.17, 15) is 4.79 Å². The Balaban J connectivity index is 1.91. The molecule has 0 fully saturated rings. The van der Waals surface area contributed by atoms with Crippen LogP contribution in [0.25, 0.3) is 0 Å². The standard InChI is InChI=1S/C13H10O2/c14-13(10-5-6-15-8-10)12-7-9-3-1-2-4-11(9)12/h1-6,8,12H,7H2. The predicted molar refractivity (Wildman–Crippen MR) is 55.9 cm³/mol. The molecule has 1 aromatic carbocycles. The average molecular weight is 198 g/mol. The molecular weight excluding hydrogens is 188 g/mol. The summed E-state index contributed by atoms with van der Waals surface area (Å²) in [4.78, 5) is 12.0. The lowest BCUT2D eigenvalue weighted by Crippen LogP contribution is -2.24. The van der Waals surface area contributed by atoms with Crippen LogP contribution in [0.1, 0.15) is 27.4 Å². The molecule has 1 heterocycles. The van der Waals surface area contributed by atoms with E-state index in [1.54, 1.807) is 6.07 Å². The van der Waals surface area contributed by atoms with Crippen molar-refractivity contribution < 1.29 is 9.21 Å². The van der Waals surface area contributed by atoms with E-state index in [0.29, 0.717) is 5.56 Å². The SMILES string of the molecule is O=C(c1ccoc1)C1Cc2ccccc21. The fraction of sp³-hybridized carbons (Fsp3) is 0.154. The zero-order valence-corrected chi connectivity index (χ0v) is 8.14. The van der Waals surface area contributed by atoms with Crippen molar-refractivity contribution in [1.82, 2.24) is 0 Å². The molecular formula is C13H10O2. The van der Waals surface area contributed by atoms with Crippen molar-refractivity contribution in [1.29, 1.82) is 0 Å². The summed E-state index contributed by atoms with van der Waals surface area (Å²) in [6.07, 6.45) is 3.92. The number of Topliss-reactive ketones (excluding diaryl/α,β-unsaturated/α-hetero) is 1. The summed E-state index contributed by atoms with van der Waals surface area (Å²) < 4.78 is 4.92. The van der Waals surface area contributed by atoms with E-state index in [0.717, 1.165) is 6.42 Å². The normalized spacial score (nSPS) is 18.0. The van der Waals surface area contributed by atoms with Crippen molar-refractivity contribution in [2.24, 2.45) is 0 Å². The van der Waals surface area contributed by atoms with Crippen molar-refractivity contribution >= 4 is 5.78 Å². The lowest BCUT2D eigenvalue weighted by atomic mass is 9.74. The highest BCUT2D eigenvalue weighted by Gasteiger charge is 2.32. The monoisotopic (exact) mass is 198 g/mol. The van der Waals surface area contributed by atoms with Crippen molar-refractivity contribution in [2.75, 3.05) is 0 Å². The van der Waals surface area contributed by atoms with Gasteiger partial charge in [0.05, 0.1) is 17.7 Å². The first kappa shape index (κ1) is 8.48. The molecule has 2 heteroatoms. The molecule has 0 spiro atoms. The Labute approximate surface area is 87.5 Å². The Morgan fingerprint density at radius 3 is 2.87 bits per heavy atom. The molecule has 74 valence electrons.